The quantitative estimate of drug-likeness (QED) is 0.597. The fourth-order valence-electron chi connectivity index (χ4n) is 2.23. The van der Waals surface area contributed by atoms with Gasteiger partial charge < -0.3 is 10.2 Å². The lowest BCUT2D eigenvalue weighted by Crippen LogP contribution is -2.27. The number of amides is 2. The Kier molecular flexibility index (Phi) is 6.38. The maximum atomic E-state index is 12.2. The molecule has 2 amide bonds. The van der Waals surface area contributed by atoms with Gasteiger partial charge in [-0.15, -0.1) is 0 Å². The van der Waals surface area contributed by atoms with Crippen LogP contribution in [0.5, 0.6) is 0 Å². The van der Waals surface area contributed by atoms with Crippen molar-refractivity contribution >= 4 is 51.7 Å². The van der Waals surface area contributed by atoms with Crippen molar-refractivity contribution in [2.24, 2.45) is 4.99 Å². The maximum Gasteiger partial charge on any atom is 0.271 e. The summed E-state index contributed by atoms with van der Waals surface area (Å²) in [6, 6.07) is 3.77. The van der Waals surface area contributed by atoms with Crippen LogP contribution in [-0.2, 0) is 9.59 Å². The SMILES string of the molecule is CCN(CC)C1=NC(=O)C(CC(=O)Nc2cc([N+](=O)[O-])ccc2Cl)S1. The van der Waals surface area contributed by atoms with E-state index in [0.29, 0.717) is 5.17 Å². The number of nitrogens with zero attached hydrogens (tertiary/aromatic N) is 3. The van der Waals surface area contributed by atoms with Gasteiger partial charge in [0.2, 0.25) is 5.91 Å². The normalized spacial score (nSPS) is 16.5. The van der Waals surface area contributed by atoms with Crippen molar-refractivity contribution < 1.29 is 14.5 Å². The summed E-state index contributed by atoms with van der Waals surface area (Å²) in [5.74, 6) is -0.809. The lowest BCUT2D eigenvalue weighted by atomic mass is 10.2. The van der Waals surface area contributed by atoms with Crippen LogP contribution < -0.4 is 5.32 Å². The van der Waals surface area contributed by atoms with E-state index in [2.05, 4.69) is 10.3 Å². The van der Waals surface area contributed by atoms with Crippen LogP contribution in [0.2, 0.25) is 5.02 Å². The number of hydrogen-bond donors (Lipinski definition) is 1. The molecule has 2 rings (SSSR count). The molecule has 0 aromatic heterocycles. The number of benzene rings is 1. The molecule has 25 heavy (non-hydrogen) atoms. The van der Waals surface area contributed by atoms with Gasteiger partial charge in [0.15, 0.2) is 5.17 Å². The molecule has 0 saturated carbocycles. The molecule has 0 spiro atoms. The summed E-state index contributed by atoms with van der Waals surface area (Å²) in [6.45, 7) is 5.36. The molecule has 0 bridgehead atoms. The average molecular weight is 385 g/mol. The molecule has 134 valence electrons. The summed E-state index contributed by atoms with van der Waals surface area (Å²) in [5.41, 5.74) is -0.0423. The number of anilines is 1. The number of carbonyl (C=O) groups is 2. The fraction of sp³-hybridized carbons (Fsp3) is 0.400. The third-order valence-corrected chi connectivity index (χ3v) is 5.11. The van der Waals surface area contributed by atoms with Crippen LogP contribution in [-0.4, -0.2) is 45.1 Å². The van der Waals surface area contributed by atoms with Gasteiger partial charge in [0.05, 0.1) is 15.6 Å². The lowest BCUT2D eigenvalue weighted by molar-refractivity contribution is -0.384. The Morgan fingerprint density at radius 3 is 2.72 bits per heavy atom. The van der Waals surface area contributed by atoms with E-state index < -0.39 is 16.1 Å². The number of thioether (sulfide) groups is 1. The lowest BCUT2D eigenvalue weighted by Gasteiger charge is -2.19. The maximum absolute atomic E-state index is 12.2. The Hall–Kier alpha value is -2.13. The van der Waals surface area contributed by atoms with Crippen LogP contribution in [0.25, 0.3) is 0 Å². The van der Waals surface area contributed by atoms with Gasteiger partial charge in [-0.05, 0) is 19.9 Å². The predicted molar refractivity (Wildman–Crippen MR) is 98.1 cm³/mol. The molecule has 1 heterocycles. The van der Waals surface area contributed by atoms with Crippen molar-refractivity contribution in [3.8, 4) is 0 Å². The Balaban J connectivity index is 2.01. The summed E-state index contributed by atoms with van der Waals surface area (Å²) in [6.07, 6.45) is -0.0865. The average Bonchev–Trinajstić information content (AvgIpc) is 2.91. The molecule has 1 aromatic carbocycles. The van der Waals surface area contributed by atoms with E-state index in [1.165, 1.54) is 30.0 Å². The second-order valence-electron chi connectivity index (χ2n) is 5.18. The van der Waals surface area contributed by atoms with Gasteiger partial charge in [-0.1, -0.05) is 23.4 Å². The Morgan fingerprint density at radius 1 is 1.44 bits per heavy atom. The summed E-state index contributed by atoms with van der Waals surface area (Å²) >= 11 is 7.21. The van der Waals surface area contributed by atoms with E-state index in [9.17, 15) is 19.7 Å². The molecule has 1 atom stereocenters. The van der Waals surface area contributed by atoms with Gasteiger partial charge in [0.25, 0.3) is 11.6 Å². The highest BCUT2D eigenvalue weighted by Crippen LogP contribution is 2.29. The first kappa shape index (κ1) is 19.2. The third-order valence-electron chi connectivity index (χ3n) is 3.57. The minimum Gasteiger partial charge on any atom is -0.352 e. The molecular weight excluding hydrogens is 368 g/mol. The molecule has 0 radical (unpaired) electrons. The Morgan fingerprint density at radius 2 is 2.12 bits per heavy atom. The number of nitrogens with one attached hydrogen (secondary N) is 1. The van der Waals surface area contributed by atoms with Crippen LogP contribution in [0.3, 0.4) is 0 Å². The van der Waals surface area contributed by atoms with Gasteiger partial charge in [-0.3, -0.25) is 19.7 Å². The third kappa shape index (κ3) is 4.70. The van der Waals surface area contributed by atoms with Crippen LogP contribution in [0, 0.1) is 10.1 Å². The van der Waals surface area contributed by atoms with E-state index in [0.717, 1.165) is 13.1 Å². The molecule has 0 saturated heterocycles. The zero-order chi connectivity index (χ0) is 18.6. The van der Waals surface area contributed by atoms with Crippen molar-refractivity contribution in [2.75, 3.05) is 18.4 Å². The largest absolute Gasteiger partial charge is 0.352 e. The van der Waals surface area contributed by atoms with E-state index in [1.54, 1.807) is 0 Å². The van der Waals surface area contributed by atoms with Gasteiger partial charge in [0, 0.05) is 31.6 Å². The molecule has 1 unspecified atom stereocenters. The molecule has 1 N–H and O–H groups in total. The van der Waals surface area contributed by atoms with Crippen molar-refractivity contribution in [3.05, 3.63) is 33.3 Å². The van der Waals surface area contributed by atoms with E-state index >= 15 is 0 Å². The highest BCUT2D eigenvalue weighted by atomic mass is 35.5. The number of halogens is 1. The van der Waals surface area contributed by atoms with Crippen molar-refractivity contribution in [2.45, 2.75) is 25.5 Å². The van der Waals surface area contributed by atoms with Gasteiger partial charge in [-0.25, -0.2) is 0 Å². The monoisotopic (exact) mass is 384 g/mol. The van der Waals surface area contributed by atoms with Crippen LogP contribution in [0.4, 0.5) is 11.4 Å². The molecule has 8 nitrogen and oxygen atoms in total. The van der Waals surface area contributed by atoms with Crippen molar-refractivity contribution in [1.29, 1.82) is 0 Å². The first-order valence-corrected chi connectivity index (χ1v) is 8.89. The predicted octanol–water partition coefficient (Wildman–Crippen LogP) is 2.92. The summed E-state index contributed by atoms with van der Waals surface area (Å²) in [5, 5.41) is 13.5. The first-order chi connectivity index (χ1) is 11.8. The summed E-state index contributed by atoms with van der Waals surface area (Å²) in [4.78, 5) is 40.4. The molecule has 0 fully saturated rings. The number of nitro groups is 1. The number of rotatable bonds is 6. The molecule has 1 aliphatic rings. The van der Waals surface area contributed by atoms with Crippen LogP contribution >= 0.6 is 23.4 Å². The highest BCUT2D eigenvalue weighted by molar-refractivity contribution is 8.15. The zero-order valence-electron chi connectivity index (χ0n) is 13.7. The van der Waals surface area contributed by atoms with Gasteiger partial charge >= 0.3 is 0 Å². The number of carbonyl (C=O) groups excluding carboxylic acids is 2. The zero-order valence-corrected chi connectivity index (χ0v) is 15.3. The summed E-state index contributed by atoms with van der Waals surface area (Å²) in [7, 11) is 0. The standard InChI is InChI=1S/C15H17ClN4O4S/c1-3-19(4-2)15-18-14(22)12(25-15)8-13(21)17-11-7-9(20(23)24)5-6-10(11)16/h5-7,12H,3-4,8H2,1-2H3,(H,17,21). The minimum atomic E-state index is -0.604. The molecule has 10 heteroatoms. The smallest absolute Gasteiger partial charge is 0.271 e. The second-order valence-corrected chi connectivity index (χ2v) is 6.76. The summed E-state index contributed by atoms with van der Waals surface area (Å²) < 4.78 is 0. The molecular formula is C15H17ClN4O4S. The second kappa shape index (κ2) is 8.30. The molecule has 1 aromatic rings. The number of non-ortho nitro benzene ring substituents is 1. The number of hydrogen-bond acceptors (Lipinski definition) is 6. The van der Waals surface area contributed by atoms with Crippen molar-refractivity contribution in [3.63, 3.8) is 0 Å². The van der Waals surface area contributed by atoms with E-state index in [-0.39, 0.29) is 28.7 Å². The minimum absolute atomic E-state index is 0.0865. The number of amidine groups is 1. The van der Waals surface area contributed by atoms with Gasteiger partial charge in [0.1, 0.15) is 5.25 Å². The molecule has 1 aliphatic heterocycles. The Bertz CT molecular complexity index is 736. The van der Waals surface area contributed by atoms with E-state index in [4.69, 9.17) is 11.6 Å². The molecule has 0 aliphatic carbocycles. The van der Waals surface area contributed by atoms with Crippen molar-refractivity contribution in [1.82, 2.24) is 4.90 Å². The topological polar surface area (TPSA) is 105 Å². The van der Waals surface area contributed by atoms with Crippen LogP contribution in [0.15, 0.2) is 23.2 Å². The highest BCUT2D eigenvalue weighted by Gasteiger charge is 2.32. The van der Waals surface area contributed by atoms with E-state index in [1.807, 2.05) is 18.7 Å². The van der Waals surface area contributed by atoms with Crippen LogP contribution in [0.1, 0.15) is 20.3 Å². The first-order valence-electron chi connectivity index (χ1n) is 7.63. The van der Waals surface area contributed by atoms with Gasteiger partial charge in [-0.2, -0.15) is 4.99 Å². The fourth-order valence-corrected chi connectivity index (χ4v) is 3.59. The number of nitro benzene ring substituents is 1. The number of aliphatic imine (C=N–C) groups is 1. The Labute approximate surface area is 153 Å².